The second kappa shape index (κ2) is 5.23. The Hall–Kier alpha value is -1.15. The molecule has 1 aliphatic rings. The Labute approximate surface area is 106 Å². The molecule has 8 heteroatoms. The van der Waals surface area contributed by atoms with E-state index >= 15 is 0 Å². The largest absolute Gasteiger partial charge is 0.481 e. The minimum absolute atomic E-state index is 0.0336. The fourth-order valence-corrected chi connectivity index (χ4v) is 3.40. The van der Waals surface area contributed by atoms with Crippen molar-refractivity contribution in [2.75, 3.05) is 19.3 Å². The minimum atomic E-state index is -3.39. The van der Waals surface area contributed by atoms with E-state index in [1.165, 1.54) is 16.1 Å². The highest BCUT2D eigenvalue weighted by atomic mass is 32.2. The van der Waals surface area contributed by atoms with E-state index in [0.717, 1.165) is 6.26 Å². The van der Waals surface area contributed by atoms with Gasteiger partial charge in [0.1, 0.15) is 0 Å². The summed E-state index contributed by atoms with van der Waals surface area (Å²) in [6.45, 7) is 3.32. The zero-order chi connectivity index (χ0) is 14.1. The molecule has 0 aromatic heterocycles. The number of hydrogen-bond donors (Lipinski definition) is 1. The van der Waals surface area contributed by atoms with Crippen LogP contribution in [0.5, 0.6) is 0 Å². The van der Waals surface area contributed by atoms with Crippen LogP contribution in [0.2, 0.25) is 0 Å². The lowest BCUT2D eigenvalue weighted by Gasteiger charge is -2.43. The first-order chi connectivity index (χ1) is 8.12. The molecule has 0 aromatic carbocycles. The molecular weight excluding hydrogens is 260 g/mol. The van der Waals surface area contributed by atoms with Gasteiger partial charge in [-0.2, -0.15) is 4.31 Å². The standard InChI is InChI=1S/C10H18N2O5S/c1-7-5-11(8(2)13)9(4-10(14)15)6-12(7)18(3,16)17/h7,9H,4-6H2,1-3H3,(H,14,15)/t7-,9+/m1/s1. The third-order valence-corrected chi connectivity index (χ3v) is 4.39. The van der Waals surface area contributed by atoms with Crippen LogP contribution in [0.25, 0.3) is 0 Å². The average Bonchev–Trinajstić information content (AvgIpc) is 2.17. The quantitative estimate of drug-likeness (QED) is 0.739. The molecule has 0 aliphatic carbocycles. The number of carbonyl (C=O) groups is 2. The molecule has 0 bridgehead atoms. The van der Waals surface area contributed by atoms with Crippen molar-refractivity contribution < 1.29 is 23.1 Å². The van der Waals surface area contributed by atoms with Gasteiger partial charge in [0.25, 0.3) is 0 Å². The summed E-state index contributed by atoms with van der Waals surface area (Å²) in [6, 6.07) is -0.945. The molecule has 2 atom stereocenters. The number of carboxylic acids is 1. The van der Waals surface area contributed by atoms with Gasteiger partial charge in [-0.15, -0.1) is 0 Å². The van der Waals surface area contributed by atoms with Gasteiger partial charge in [-0.1, -0.05) is 0 Å². The first-order valence-electron chi connectivity index (χ1n) is 5.58. The molecule has 0 unspecified atom stereocenters. The maximum absolute atomic E-state index is 11.6. The van der Waals surface area contributed by atoms with Crippen LogP contribution in [0.1, 0.15) is 20.3 Å². The monoisotopic (exact) mass is 278 g/mol. The molecule has 0 radical (unpaired) electrons. The highest BCUT2D eigenvalue weighted by Gasteiger charge is 2.37. The van der Waals surface area contributed by atoms with Gasteiger partial charge >= 0.3 is 5.97 Å². The lowest BCUT2D eigenvalue weighted by molar-refractivity contribution is -0.142. The molecule has 1 rings (SSSR count). The van der Waals surface area contributed by atoms with Crippen molar-refractivity contribution in [1.29, 1.82) is 0 Å². The highest BCUT2D eigenvalue weighted by Crippen LogP contribution is 2.20. The van der Waals surface area contributed by atoms with Gasteiger partial charge in [0.2, 0.25) is 15.9 Å². The molecule has 104 valence electrons. The van der Waals surface area contributed by atoms with Gasteiger partial charge in [0, 0.05) is 26.1 Å². The normalized spacial score (nSPS) is 26.1. The summed E-state index contributed by atoms with van der Waals surface area (Å²) in [6.07, 6.45) is 0.836. The van der Waals surface area contributed by atoms with Crippen molar-refractivity contribution in [3.63, 3.8) is 0 Å². The summed E-state index contributed by atoms with van der Waals surface area (Å²) in [5, 5.41) is 8.81. The molecule has 1 amide bonds. The Morgan fingerprint density at radius 2 is 1.89 bits per heavy atom. The highest BCUT2D eigenvalue weighted by molar-refractivity contribution is 7.88. The third kappa shape index (κ3) is 3.42. The van der Waals surface area contributed by atoms with E-state index in [9.17, 15) is 18.0 Å². The molecule has 1 heterocycles. The summed E-state index contributed by atoms with van der Waals surface area (Å²) in [7, 11) is -3.39. The van der Waals surface area contributed by atoms with E-state index in [2.05, 4.69) is 0 Å². The van der Waals surface area contributed by atoms with E-state index in [1.54, 1.807) is 6.92 Å². The Morgan fingerprint density at radius 1 is 1.33 bits per heavy atom. The second-order valence-electron chi connectivity index (χ2n) is 4.60. The lowest BCUT2D eigenvalue weighted by Crippen LogP contribution is -2.60. The van der Waals surface area contributed by atoms with Crippen LogP contribution in [0.4, 0.5) is 0 Å². The summed E-state index contributed by atoms with van der Waals surface area (Å²) in [5.41, 5.74) is 0. The molecule has 7 nitrogen and oxygen atoms in total. The van der Waals surface area contributed by atoms with Crippen molar-refractivity contribution >= 4 is 21.9 Å². The topological polar surface area (TPSA) is 95.0 Å². The predicted molar refractivity (Wildman–Crippen MR) is 64.4 cm³/mol. The summed E-state index contributed by atoms with van der Waals surface area (Å²) in [4.78, 5) is 23.7. The molecule has 1 fully saturated rings. The van der Waals surface area contributed by atoms with Crippen LogP contribution < -0.4 is 0 Å². The molecule has 0 spiro atoms. The van der Waals surface area contributed by atoms with E-state index in [1.807, 2.05) is 0 Å². The number of hydrogen-bond acceptors (Lipinski definition) is 4. The number of carbonyl (C=O) groups excluding carboxylic acids is 1. The summed E-state index contributed by atoms with van der Waals surface area (Å²) >= 11 is 0. The Bertz CT molecular complexity index is 447. The number of nitrogens with zero attached hydrogens (tertiary/aromatic N) is 2. The number of rotatable bonds is 3. The van der Waals surface area contributed by atoms with Crippen molar-refractivity contribution in [3.8, 4) is 0 Å². The van der Waals surface area contributed by atoms with Crippen molar-refractivity contribution in [1.82, 2.24) is 9.21 Å². The van der Waals surface area contributed by atoms with Gasteiger partial charge in [0.05, 0.1) is 18.7 Å². The van der Waals surface area contributed by atoms with Gasteiger partial charge in [-0.3, -0.25) is 9.59 Å². The summed E-state index contributed by atoms with van der Waals surface area (Å²) < 4.78 is 24.4. The Kier molecular flexibility index (Phi) is 4.33. The lowest BCUT2D eigenvalue weighted by atomic mass is 10.1. The van der Waals surface area contributed by atoms with E-state index in [-0.39, 0.29) is 31.5 Å². The Morgan fingerprint density at radius 3 is 2.28 bits per heavy atom. The van der Waals surface area contributed by atoms with E-state index in [0.29, 0.717) is 0 Å². The fraction of sp³-hybridized carbons (Fsp3) is 0.800. The van der Waals surface area contributed by atoms with Crippen molar-refractivity contribution in [3.05, 3.63) is 0 Å². The fourth-order valence-electron chi connectivity index (χ4n) is 2.24. The van der Waals surface area contributed by atoms with Gasteiger partial charge in [0.15, 0.2) is 0 Å². The zero-order valence-electron chi connectivity index (χ0n) is 10.7. The smallest absolute Gasteiger partial charge is 0.305 e. The van der Waals surface area contributed by atoms with Crippen LogP contribution in [0, 0.1) is 0 Å². The van der Waals surface area contributed by atoms with Crippen LogP contribution >= 0.6 is 0 Å². The van der Waals surface area contributed by atoms with Crippen LogP contribution in [-0.4, -0.2) is 66.0 Å². The van der Waals surface area contributed by atoms with Crippen LogP contribution in [-0.2, 0) is 19.6 Å². The number of carboxylic acid groups (broad SMARTS) is 1. The minimum Gasteiger partial charge on any atom is -0.481 e. The third-order valence-electron chi connectivity index (χ3n) is 3.02. The van der Waals surface area contributed by atoms with Gasteiger partial charge < -0.3 is 10.0 Å². The maximum Gasteiger partial charge on any atom is 0.305 e. The summed E-state index contributed by atoms with van der Waals surface area (Å²) in [5.74, 6) is -1.28. The zero-order valence-corrected chi connectivity index (χ0v) is 11.5. The van der Waals surface area contributed by atoms with Crippen LogP contribution in [0.3, 0.4) is 0 Å². The molecule has 1 saturated heterocycles. The number of amides is 1. The van der Waals surface area contributed by atoms with Crippen molar-refractivity contribution in [2.24, 2.45) is 0 Å². The van der Waals surface area contributed by atoms with E-state index < -0.39 is 22.0 Å². The first-order valence-corrected chi connectivity index (χ1v) is 7.43. The molecule has 0 aromatic rings. The van der Waals surface area contributed by atoms with Crippen LogP contribution in [0.15, 0.2) is 0 Å². The number of piperazine rings is 1. The maximum atomic E-state index is 11.6. The average molecular weight is 278 g/mol. The van der Waals surface area contributed by atoms with Gasteiger partial charge in [-0.25, -0.2) is 8.42 Å². The number of sulfonamides is 1. The van der Waals surface area contributed by atoms with Crippen molar-refractivity contribution in [2.45, 2.75) is 32.4 Å². The molecule has 1 N–H and O–H groups in total. The Balaban J connectivity index is 2.96. The number of aliphatic carboxylic acids is 1. The molecule has 1 aliphatic heterocycles. The van der Waals surface area contributed by atoms with Gasteiger partial charge in [-0.05, 0) is 6.92 Å². The SMILES string of the molecule is CC(=O)N1C[C@@H](C)N(S(C)(=O)=O)C[C@@H]1CC(=O)O. The first kappa shape index (κ1) is 14.9. The molecule has 18 heavy (non-hydrogen) atoms. The van der Waals surface area contributed by atoms with E-state index in [4.69, 9.17) is 5.11 Å². The predicted octanol–water partition coefficient (Wildman–Crippen LogP) is -0.658. The molecular formula is C10H18N2O5S. The second-order valence-corrected chi connectivity index (χ2v) is 6.54. The molecule has 0 saturated carbocycles.